The molecule has 2 aromatic carbocycles. The van der Waals surface area contributed by atoms with E-state index in [1.54, 1.807) is 0 Å². The van der Waals surface area contributed by atoms with Gasteiger partial charge in [-0.3, -0.25) is 0 Å². The summed E-state index contributed by atoms with van der Waals surface area (Å²) in [5.41, 5.74) is 1.15. The molecule has 0 saturated carbocycles. The van der Waals surface area contributed by atoms with E-state index in [0.717, 1.165) is 28.1 Å². The fourth-order valence-electron chi connectivity index (χ4n) is 1.98. The van der Waals surface area contributed by atoms with Gasteiger partial charge in [0, 0.05) is 16.1 Å². The van der Waals surface area contributed by atoms with Crippen LogP contribution in [0.5, 0.6) is 11.5 Å². The molecule has 2 nitrogen and oxygen atoms in total. The van der Waals surface area contributed by atoms with Gasteiger partial charge in [0.2, 0.25) is 0 Å². The summed E-state index contributed by atoms with van der Waals surface area (Å²) in [7, 11) is 0. The van der Waals surface area contributed by atoms with E-state index in [-0.39, 0.29) is 6.04 Å². The van der Waals surface area contributed by atoms with Crippen molar-refractivity contribution >= 4 is 15.9 Å². The summed E-state index contributed by atoms with van der Waals surface area (Å²) >= 11 is 3.52. The Hall–Kier alpha value is -1.32. The minimum absolute atomic E-state index is 0.251. The molecule has 0 heterocycles. The molecule has 0 radical (unpaired) electrons. The van der Waals surface area contributed by atoms with Gasteiger partial charge in [-0.05, 0) is 43.8 Å². The number of halogens is 1. The summed E-state index contributed by atoms with van der Waals surface area (Å²) in [6.45, 7) is 5.17. The van der Waals surface area contributed by atoms with Crippen molar-refractivity contribution in [3.05, 3.63) is 58.6 Å². The average molecular weight is 320 g/mol. The summed E-state index contributed by atoms with van der Waals surface area (Å²) in [5.74, 6) is 1.75. The van der Waals surface area contributed by atoms with E-state index in [1.807, 2.05) is 42.5 Å². The van der Waals surface area contributed by atoms with Crippen LogP contribution in [0.25, 0.3) is 0 Å². The molecule has 0 saturated heterocycles. The quantitative estimate of drug-likeness (QED) is 0.845. The number of nitrogens with one attached hydrogen (secondary N) is 1. The molecule has 3 heteroatoms. The number of hydrogen-bond acceptors (Lipinski definition) is 2. The molecule has 2 rings (SSSR count). The predicted octanol–water partition coefficient (Wildman–Crippen LogP) is 4.91. The molecule has 0 aliphatic rings. The fraction of sp³-hybridized carbons (Fsp3) is 0.250. The Bertz CT molecular complexity index is 528. The molecular formula is C16H18BrNO. The van der Waals surface area contributed by atoms with Crippen molar-refractivity contribution in [3.63, 3.8) is 0 Å². The highest BCUT2D eigenvalue weighted by Gasteiger charge is 2.12. The van der Waals surface area contributed by atoms with E-state index in [0.29, 0.717) is 0 Å². The van der Waals surface area contributed by atoms with Crippen LogP contribution in [-0.4, -0.2) is 6.54 Å². The lowest BCUT2D eigenvalue weighted by Crippen LogP contribution is -2.18. The maximum atomic E-state index is 5.97. The second-order valence-corrected chi connectivity index (χ2v) is 5.29. The largest absolute Gasteiger partial charge is 0.457 e. The van der Waals surface area contributed by atoms with Crippen LogP contribution in [0.4, 0.5) is 0 Å². The molecule has 100 valence electrons. The van der Waals surface area contributed by atoms with Gasteiger partial charge in [-0.25, -0.2) is 0 Å². The molecule has 2 aromatic rings. The van der Waals surface area contributed by atoms with Crippen LogP contribution in [-0.2, 0) is 0 Å². The monoisotopic (exact) mass is 319 g/mol. The topological polar surface area (TPSA) is 21.3 Å². The Balaban J connectivity index is 2.29. The Morgan fingerprint density at radius 2 is 1.89 bits per heavy atom. The molecule has 1 N–H and O–H groups in total. The van der Waals surface area contributed by atoms with E-state index < -0.39 is 0 Å². The van der Waals surface area contributed by atoms with Crippen molar-refractivity contribution in [3.8, 4) is 11.5 Å². The van der Waals surface area contributed by atoms with E-state index in [4.69, 9.17) is 4.74 Å². The molecule has 0 bridgehead atoms. The highest BCUT2D eigenvalue weighted by atomic mass is 79.9. The average Bonchev–Trinajstić information content (AvgIpc) is 2.42. The fourth-order valence-corrected chi connectivity index (χ4v) is 2.36. The van der Waals surface area contributed by atoms with Gasteiger partial charge in [0.15, 0.2) is 0 Å². The zero-order chi connectivity index (χ0) is 13.7. The maximum Gasteiger partial charge on any atom is 0.132 e. The number of benzene rings is 2. The van der Waals surface area contributed by atoms with E-state index in [9.17, 15) is 0 Å². The van der Waals surface area contributed by atoms with Gasteiger partial charge in [0.1, 0.15) is 11.5 Å². The molecular weight excluding hydrogens is 302 g/mol. The van der Waals surface area contributed by atoms with Crippen LogP contribution >= 0.6 is 15.9 Å². The first-order chi connectivity index (χ1) is 9.20. The number of hydrogen-bond donors (Lipinski definition) is 1. The first-order valence-electron chi connectivity index (χ1n) is 6.46. The van der Waals surface area contributed by atoms with Crippen molar-refractivity contribution in [1.82, 2.24) is 5.32 Å². The summed E-state index contributed by atoms with van der Waals surface area (Å²) in [4.78, 5) is 0. The first-order valence-corrected chi connectivity index (χ1v) is 7.25. The first kappa shape index (κ1) is 14.1. The molecule has 1 atom stereocenters. The second-order valence-electron chi connectivity index (χ2n) is 4.38. The minimum atomic E-state index is 0.251. The molecule has 1 unspecified atom stereocenters. The lowest BCUT2D eigenvalue weighted by molar-refractivity contribution is 0.463. The molecule has 0 spiro atoms. The highest BCUT2D eigenvalue weighted by Crippen LogP contribution is 2.31. The number of rotatable bonds is 5. The summed E-state index contributed by atoms with van der Waals surface area (Å²) in [6.07, 6.45) is 0. The number of ether oxygens (including phenoxy) is 1. The van der Waals surface area contributed by atoms with Crippen molar-refractivity contribution in [2.24, 2.45) is 0 Å². The van der Waals surface area contributed by atoms with Gasteiger partial charge in [0.05, 0.1) is 0 Å². The standard InChI is InChI=1S/C16H18BrNO/c1-3-18-12(2)15-11-13(17)9-10-16(15)19-14-7-5-4-6-8-14/h4-12,18H,3H2,1-2H3. The molecule has 0 amide bonds. The summed E-state index contributed by atoms with van der Waals surface area (Å²) in [5, 5.41) is 3.41. The lowest BCUT2D eigenvalue weighted by Gasteiger charge is -2.18. The van der Waals surface area contributed by atoms with Gasteiger partial charge in [-0.2, -0.15) is 0 Å². The highest BCUT2D eigenvalue weighted by molar-refractivity contribution is 9.10. The van der Waals surface area contributed by atoms with E-state index in [2.05, 4.69) is 41.2 Å². The molecule has 0 aliphatic heterocycles. The molecule has 0 aliphatic carbocycles. The summed E-state index contributed by atoms with van der Waals surface area (Å²) in [6, 6.07) is 16.2. The van der Waals surface area contributed by atoms with Gasteiger partial charge in [0.25, 0.3) is 0 Å². The van der Waals surface area contributed by atoms with Crippen LogP contribution in [0.2, 0.25) is 0 Å². The van der Waals surface area contributed by atoms with Crippen LogP contribution in [0.15, 0.2) is 53.0 Å². The maximum absolute atomic E-state index is 5.97. The van der Waals surface area contributed by atoms with Crippen LogP contribution in [0, 0.1) is 0 Å². The Morgan fingerprint density at radius 1 is 1.16 bits per heavy atom. The third-order valence-electron chi connectivity index (χ3n) is 2.92. The van der Waals surface area contributed by atoms with Crippen molar-refractivity contribution in [1.29, 1.82) is 0 Å². The third-order valence-corrected chi connectivity index (χ3v) is 3.41. The lowest BCUT2D eigenvalue weighted by atomic mass is 10.1. The molecule has 19 heavy (non-hydrogen) atoms. The number of para-hydroxylation sites is 1. The van der Waals surface area contributed by atoms with Crippen LogP contribution < -0.4 is 10.1 Å². The molecule has 0 fully saturated rings. The summed E-state index contributed by atoms with van der Waals surface area (Å²) < 4.78 is 7.03. The predicted molar refractivity (Wildman–Crippen MR) is 82.7 cm³/mol. The van der Waals surface area contributed by atoms with Gasteiger partial charge in [-0.15, -0.1) is 0 Å². The normalized spacial score (nSPS) is 12.2. The van der Waals surface area contributed by atoms with Gasteiger partial charge < -0.3 is 10.1 Å². The van der Waals surface area contributed by atoms with Crippen LogP contribution in [0.1, 0.15) is 25.5 Å². The van der Waals surface area contributed by atoms with Crippen molar-refractivity contribution < 1.29 is 4.74 Å². The van der Waals surface area contributed by atoms with Crippen molar-refractivity contribution in [2.75, 3.05) is 6.54 Å². The second kappa shape index (κ2) is 6.73. The van der Waals surface area contributed by atoms with Gasteiger partial charge >= 0.3 is 0 Å². The zero-order valence-electron chi connectivity index (χ0n) is 11.2. The third kappa shape index (κ3) is 3.82. The Kier molecular flexibility index (Phi) is 5.00. The van der Waals surface area contributed by atoms with Crippen molar-refractivity contribution in [2.45, 2.75) is 19.9 Å². The van der Waals surface area contributed by atoms with Crippen LogP contribution in [0.3, 0.4) is 0 Å². The Labute approximate surface area is 122 Å². The SMILES string of the molecule is CCNC(C)c1cc(Br)ccc1Oc1ccccc1. The van der Waals surface area contributed by atoms with Gasteiger partial charge in [-0.1, -0.05) is 41.1 Å². The van der Waals surface area contributed by atoms with E-state index >= 15 is 0 Å². The molecule has 0 aromatic heterocycles. The Morgan fingerprint density at radius 3 is 2.58 bits per heavy atom. The minimum Gasteiger partial charge on any atom is -0.457 e. The zero-order valence-corrected chi connectivity index (χ0v) is 12.8. The van der Waals surface area contributed by atoms with E-state index in [1.165, 1.54) is 0 Å². The smallest absolute Gasteiger partial charge is 0.132 e.